The molecule has 160 valence electrons. The van der Waals surface area contributed by atoms with Crippen LogP contribution < -0.4 is 24.3 Å². The molecule has 0 atom stereocenters. The van der Waals surface area contributed by atoms with Crippen molar-refractivity contribution < 1.29 is 23.7 Å². The number of ether oxygens (including phenoxy) is 4. The third-order valence-corrected chi connectivity index (χ3v) is 4.88. The van der Waals surface area contributed by atoms with E-state index in [-0.39, 0.29) is 5.91 Å². The van der Waals surface area contributed by atoms with Crippen LogP contribution in [0, 0.1) is 0 Å². The van der Waals surface area contributed by atoms with Crippen molar-refractivity contribution in [1.82, 2.24) is 4.98 Å². The van der Waals surface area contributed by atoms with Gasteiger partial charge in [0.05, 0.1) is 25.3 Å². The Bertz CT molecular complexity index is 1080. The molecule has 0 spiro atoms. The maximum Gasteiger partial charge on any atom is 0.255 e. The van der Waals surface area contributed by atoms with Gasteiger partial charge in [0.25, 0.3) is 5.91 Å². The summed E-state index contributed by atoms with van der Waals surface area (Å²) in [5.41, 5.74) is 1.83. The first kappa shape index (κ1) is 20.8. The largest absolute Gasteiger partial charge is 0.493 e. The first-order valence-corrected chi connectivity index (χ1v) is 10.1. The van der Waals surface area contributed by atoms with Crippen molar-refractivity contribution in [2.45, 2.75) is 13.0 Å². The second kappa shape index (κ2) is 9.57. The Morgan fingerprint density at radius 3 is 2.84 bits per heavy atom. The molecule has 1 N–H and O–H groups in total. The van der Waals surface area contributed by atoms with Gasteiger partial charge in [0, 0.05) is 41.7 Å². The number of aromatic nitrogens is 1. The van der Waals surface area contributed by atoms with Crippen LogP contribution in [-0.2, 0) is 6.61 Å². The van der Waals surface area contributed by atoms with Gasteiger partial charge in [-0.3, -0.25) is 9.78 Å². The molecule has 8 heteroatoms. The zero-order valence-electron chi connectivity index (χ0n) is 16.9. The molecular weight excluding hydrogens is 420 g/mol. The Morgan fingerprint density at radius 2 is 2.03 bits per heavy atom. The van der Waals surface area contributed by atoms with Crippen LogP contribution >= 0.6 is 11.6 Å². The lowest BCUT2D eigenvalue weighted by atomic mass is 10.1. The standard InChI is InChI=1S/C23H21ClN2O5/c1-28-19-6-5-17(12-20(19)31-14-15-4-2-7-25-13-15)26-23(27)16-10-18(24)22-21(11-16)29-8-3-9-30-22/h2,4-7,10-13H,3,8-9,14H2,1H3,(H,26,27). The number of carbonyl (C=O) groups excluding carboxylic acids is 1. The summed E-state index contributed by atoms with van der Waals surface area (Å²) in [4.78, 5) is 16.9. The molecule has 31 heavy (non-hydrogen) atoms. The summed E-state index contributed by atoms with van der Waals surface area (Å²) in [5.74, 6) is 1.65. The van der Waals surface area contributed by atoms with E-state index in [4.69, 9.17) is 30.5 Å². The maximum atomic E-state index is 12.8. The quantitative estimate of drug-likeness (QED) is 0.596. The second-order valence-corrected chi connectivity index (χ2v) is 7.21. The molecule has 0 saturated carbocycles. The average molecular weight is 441 g/mol. The number of halogens is 1. The van der Waals surface area contributed by atoms with Gasteiger partial charge in [-0.2, -0.15) is 0 Å². The van der Waals surface area contributed by atoms with Gasteiger partial charge in [-0.1, -0.05) is 17.7 Å². The van der Waals surface area contributed by atoms with E-state index in [1.807, 2.05) is 12.1 Å². The van der Waals surface area contributed by atoms with Gasteiger partial charge >= 0.3 is 0 Å². The van der Waals surface area contributed by atoms with E-state index >= 15 is 0 Å². The molecule has 1 aliphatic rings. The van der Waals surface area contributed by atoms with Crippen LogP contribution in [0.25, 0.3) is 0 Å². The van der Waals surface area contributed by atoms with Gasteiger partial charge in [0.2, 0.25) is 0 Å². The van der Waals surface area contributed by atoms with E-state index in [2.05, 4.69) is 10.3 Å². The summed E-state index contributed by atoms with van der Waals surface area (Å²) < 4.78 is 22.5. The van der Waals surface area contributed by atoms with E-state index in [9.17, 15) is 4.79 Å². The van der Waals surface area contributed by atoms with Gasteiger partial charge < -0.3 is 24.3 Å². The fourth-order valence-electron chi connectivity index (χ4n) is 3.08. The molecule has 3 aromatic rings. The van der Waals surface area contributed by atoms with Crippen molar-refractivity contribution in [3.05, 3.63) is 71.0 Å². The minimum atomic E-state index is -0.332. The van der Waals surface area contributed by atoms with Crippen molar-refractivity contribution >= 4 is 23.2 Å². The molecule has 7 nitrogen and oxygen atoms in total. The predicted molar refractivity (Wildman–Crippen MR) is 117 cm³/mol. The summed E-state index contributed by atoms with van der Waals surface area (Å²) in [6.45, 7) is 1.34. The molecule has 1 aliphatic heterocycles. The molecule has 0 bridgehead atoms. The number of anilines is 1. The van der Waals surface area contributed by atoms with Gasteiger partial charge in [-0.15, -0.1) is 0 Å². The highest BCUT2D eigenvalue weighted by Crippen LogP contribution is 2.38. The van der Waals surface area contributed by atoms with Crippen molar-refractivity contribution in [1.29, 1.82) is 0 Å². The van der Waals surface area contributed by atoms with Gasteiger partial charge in [-0.25, -0.2) is 0 Å². The highest BCUT2D eigenvalue weighted by atomic mass is 35.5. The van der Waals surface area contributed by atoms with Crippen molar-refractivity contribution in [2.24, 2.45) is 0 Å². The fraction of sp³-hybridized carbons (Fsp3) is 0.217. The first-order valence-electron chi connectivity index (χ1n) is 9.74. The van der Waals surface area contributed by atoms with Crippen LogP contribution in [0.2, 0.25) is 5.02 Å². The maximum absolute atomic E-state index is 12.8. The van der Waals surface area contributed by atoms with E-state index in [0.29, 0.717) is 59.1 Å². The zero-order chi connectivity index (χ0) is 21.6. The SMILES string of the molecule is COc1ccc(NC(=O)c2cc(Cl)c3c(c2)OCCCO3)cc1OCc1cccnc1. The summed E-state index contributed by atoms with van der Waals surface area (Å²) in [5, 5.41) is 3.19. The number of pyridine rings is 1. The Labute approximate surface area is 184 Å². The number of fused-ring (bicyclic) bond motifs is 1. The fourth-order valence-corrected chi connectivity index (χ4v) is 3.34. The van der Waals surface area contributed by atoms with E-state index in [1.54, 1.807) is 49.8 Å². The second-order valence-electron chi connectivity index (χ2n) is 6.81. The number of hydrogen-bond donors (Lipinski definition) is 1. The molecule has 0 unspecified atom stereocenters. The Kier molecular flexibility index (Phi) is 6.43. The van der Waals surface area contributed by atoms with E-state index < -0.39 is 0 Å². The molecule has 2 aromatic carbocycles. The Morgan fingerprint density at radius 1 is 1.16 bits per heavy atom. The summed E-state index contributed by atoms with van der Waals surface area (Å²) in [6.07, 6.45) is 4.18. The Hall–Kier alpha value is -3.45. The van der Waals surface area contributed by atoms with Crippen LogP contribution in [0.15, 0.2) is 54.9 Å². The van der Waals surface area contributed by atoms with Gasteiger partial charge in [0.1, 0.15) is 6.61 Å². The van der Waals surface area contributed by atoms with Crippen molar-refractivity contribution in [3.63, 3.8) is 0 Å². The number of rotatable bonds is 6. The van der Waals surface area contributed by atoms with Gasteiger partial charge in [0.15, 0.2) is 23.0 Å². The van der Waals surface area contributed by atoms with Crippen LogP contribution in [-0.4, -0.2) is 31.2 Å². The summed E-state index contributed by atoms with van der Waals surface area (Å²) >= 11 is 6.30. The van der Waals surface area contributed by atoms with Crippen LogP contribution in [0.4, 0.5) is 5.69 Å². The molecule has 0 fully saturated rings. The smallest absolute Gasteiger partial charge is 0.255 e. The lowest BCUT2D eigenvalue weighted by Crippen LogP contribution is -2.12. The third kappa shape index (κ3) is 5.00. The molecule has 2 heterocycles. The average Bonchev–Trinajstić information content (AvgIpc) is 3.04. The molecule has 0 saturated heterocycles. The first-order chi connectivity index (χ1) is 15.1. The molecule has 4 rings (SSSR count). The summed E-state index contributed by atoms with van der Waals surface area (Å²) in [6, 6.07) is 12.1. The number of nitrogens with zero attached hydrogens (tertiary/aromatic N) is 1. The van der Waals surface area contributed by atoms with Crippen LogP contribution in [0.3, 0.4) is 0 Å². The van der Waals surface area contributed by atoms with E-state index in [0.717, 1.165) is 12.0 Å². The topological polar surface area (TPSA) is 78.9 Å². The number of amides is 1. The highest BCUT2D eigenvalue weighted by molar-refractivity contribution is 6.32. The van der Waals surface area contributed by atoms with E-state index in [1.165, 1.54) is 0 Å². The van der Waals surface area contributed by atoms with Crippen molar-refractivity contribution in [2.75, 3.05) is 25.6 Å². The van der Waals surface area contributed by atoms with Crippen molar-refractivity contribution in [3.8, 4) is 23.0 Å². The number of carbonyl (C=O) groups is 1. The zero-order valence-corrected chi connectivity index (χ0v) is 17.6. The lowest BCUT2D eigenvalue weighted by molar-refractivity contribution is 0.102. The molecule has 1 amide bonds. The predicted octanol–water partition coefficient (Wildman–Crippen LogP) is 4.74. The number of benzene rings is 2. The number of hydrogen-bond acceptors (Lipinski definition) is 6. The summed E-state index contributed by atoms with van der Waals surface area (Å²) in [7, 11) is 1.56. The number of methoxy groups -OCH3 is 1. The van der Waals surface area contributed by atoms with Crippen LogP contribution in [0.5, 0.6) is 23.0 Å². The van der Waals surface area contributed by atoms with Gasteiger partial charge in [-0.05, 0) is 30.3 Å². The monoisotopic (exact) mass is 440 g/mol. The lowest BCUT2D eigenvalue weighted by Gasteiger charge is -2.14. The molecule has 0 radical (unpaired) electrons. The normalized spacial score (nSPS) is 12.6. The minimum Gasteiger partial charge on any atom is -0.493 e. The van der Waals surface area contributed by atoms with Crippen LogP contribution in [0.1, 0.15) is 22.3 Å². The highest BCUT2D eigenvalue weighted by Gasteiger charge is 2.19. The Balaban J connectivity index is 1.51. The number of nitrogens with one attached hydrogen (secondary N) is 1. The minimum absolute atomic E-state index is 0.319. The molecule has 1 aromatic heterocycles. The molecule has 0 aliphatic carbocycles. The third-order valence-electron chi connectivity index (χ3n) is 4.60. The molecular formula is C23H21ClN2O5.